The first-order valence-electron chi connectivity index (χ1n) is 12.4. The molecule has 196 valence electrons. The van der Waals surface area contributed by atoms with Crippen LogP contribution in [-0.2, 0) is 14.8 Å². The highest BCUT2D eigenvalue weighted by Crippen LogP contribution is 2.41. The van der Waals surface area contributed by atoms with E-state index in [1.54, 1.807) is 41.2 Å². The first-order chi connectivity index (χ1) is 17.7. The summed E-state index contributed by atoms with van der Waals surface area (Å²) in [6, 6.07) is 13.8. The highest BCUT2D eigenvalue weighted by Gasteiger charge is 2.43. The maximum absolute atomic E-state index is 13.1. The van der Waals surface area contributed by atoms with Crippen LogP contribution in [0.25, 0.3) is 11.0 Å². The number of piperidine rings is 1. The number of aryl methyl sites for hydroxylation is 1. The predicted octanol–water partition coefficient (Wildman–Crippen LogP) is 3.18. The predicted molar refractivity (Wildman–Crippen MR) is 138 cm³/mol. The molecular weight excluding hydrogens is 494 g/mol. The number of nitrogens with one attached hydrogen (secondary N) is 1. The van der Waals surface area contributed by atoms with Crippen molar-refractivity contribution in [3.8, 4) is 5.75 Å². The molecule has 2 saturated heterocycles. The van der Waals surface area contributed by atoms with Crippen LogP contribution >= 0.6 is 0 Å². The van der Waals surface area contributed by atoms with E-state index in [4.69, 9.17) is 9.15 Å². The SMILES string of the molecule is COc1cccc2cc(C(=O)N3CCC4(CCN(C(=O)CNS(=O)(=O)c5ccc(C)cc5)C4)CC3)oc12. The highest BCUT2D eigenvalue weighted by atomic mass is 32.2. The number of hydrogen-bond acceptors (Lipinski definition) is 6. The van der Waals surface area contributed by atoms with Gasteiger partial charge in [0.25, 0.3) is 5.91 Å². The smallest absolute Gasteiger partial charge is 0.289 e. The van der Waals surface area contributed by atoms with E-state index >= 15 is 0 Å². The monoisotopic (exact) mass is 525 g/mol. The fraction of sp³-hybridized carbons (Fsp3) is 0.407. The third-order valence-electron chi connectivity index (χ3n) is 7.59. The number of nitrogens with zero attached hydrogens (tertiary/aromatic N) is 2. The molecule has 0 aliphatic carbocycles. The van der Waals surface area contributed by atoms with Gasteiger partial charge < -0.3 is 19.0 Å². The molecule has 2 aromatic carbocycles. The number of para-hydroxylation sites is 1. The van der Waals surface area contributed by atoms with Crippen LogP contribution in [-0.4, -0.2) is 69.9 Å². The zero-order valence-electron chi connectivity index (χ0n) is 21.0. The van der Waals surface area contributed by atoms with E-state index in [2.05, 4.69) is 4.72 Å². The van der Waals surface area contributed by atoms with Gasteiger partial charge in [-0.25, -0.2) is 13.1 Å². The molecule has 37 heavy (non-hydrogen) atoms. The lowest BCUT2D eigenvalue weighted by Crippen LogP contribution is -2.45. The van der Waals surface area contributed by atoms with E-state index in [1.807, 2.05) is 19.1 Å². The topological polar surface area (TPSA) is 109 Å². The lowest BCUT2D eigenvalue weighted by atomic mass is 9.77. The number of fused-ring (bicyclic) bond motifs is 1. The minimum Gasteiger partial charge on any atom is -0.493 e. The molecule has 0 unspecified atom stereocenters. The van der Waals surface area contributed by atoms with Gasteiger partial charge in [-0.15, -0.1) is 0 Å². The zero-order chi connectivity index (χ0) is 26.2. The average molecular weight is 526 g/mol. The van der Waals surface area contributed by atoms with Crippen molar-refractivity contribution in [1.29, 1.82) is 0 Å². The Morgan fingerprint density at radius 3 is 2.38 bits per heavy atom. The molecule has 1 aromatic heterocycles. The molecule has 5 rings (SSSR count). The average Bonchev–Trinajstić information content (AvgIpc) is 3.52. The molecule has 2 amide bonds. The molecule has 0 atom stereocenters. The molecule has 9 nitrogen and oxygen atoms in total. The van der Waals surface area contributed by atoms with Crippen LogP contribution in [0.5, 0.6) is 5.75 Å². The van der Waals surface area contributed by atoms with Crippen molar-refractivity contribution in [3.63, 3.8) is 0 Å². The Balaban J connectivity index is 1.16. The molecular formula is C27H31N3O6S. The number of methoxy groups -OCH3 is 1. The standard InChI is InChI=1S/C27H31N3O6S/c1-19-6-8-21(9-7-19)37(33,34)28-17-24(31)30-15-12-27(18-30)10-13-29(14-11-27)26(32)23-16-20-4-3-5-22(35-2)25(20)36-23/h3-9,16,28H,10-15,17-18H2,1-2H3. The lowest BCUT2D eigenvalue weighted by Gasteiger charge is -2.39. The Morgan fingerprint density at radius 2 is 1.70 bits per heavy atom. The largest absolute Gasteiger partial charge is 0.493 e. The molecule has 0 bridgehead atoms. The van der Waals surface area contributed by atoms with Gasteiger partial charge in [0.1, 0.15) is 0 Å². The summed E-state index contributed by atoms with van der Waals surface area (Å²) in [5.74, 6) is 0.498. The number of amides is 2. The number of likely N-dealkylation sites (tertiary alicyclic amines) is 2. The first kappa shape index (κ1) is 25.3. The van der Waals surface area contributed by atoms with Crippen LogP contribution < -0.4 is 9.46 Å². The Bertz CT molecular complexity index is 1420. The quantitative estimate of drug-likeness (QED) is 0.530. The van der Waals surface area contributed by atoms with Crippen molar-refractivity contribution in [3.05, 3.63) is 59.9 Å². The molecule has 2 aliphatic rings. The van der Waals surface area contributed by atoms with Crippen molar-refractivity contribution in [2.24, 2.45) is 5.41 Å². The molecule has 3 heterocycles. The molecule has 2 fully saturated rings. The number of sulfonamides is 1. The summed E-state index contributed by atoms with van der Waals surface area (Å²) < 4.78 is 38.7. The molecule has 3 aromatic rings. The van der Waals surface area contributed by atoms with Gasteiger partial charge in [-0.1, -0.05) is 29.8 Å². The van der Waals surface area contributed by atoms with Crippen molar-refractivity contribution in [1.82, 2.24) is 14.5 Å². The van der Waals surface area contributed by atoms with Crippen molar-refractivity contribution in [2.45, 2.75) is 31.1 Å². The van der Waals surface area contributed by atoms with Gasteiger partial charge >= 0.3 is 0 Å². The fourth-order valence-electron chi connectivity index (χ4n) is 5.27. The fourth-order valence-corrected chi connectivity index (χ4v) is 6.24. The second kappa shape index (κ2) is 9.83. The van der Waals surface area contributed by atoms with Gasteiger partial charge in [-0.05, 0) is 55.9 Å². The third kappa shape index (κ3) is 5.08. The number of rotatable bonds is 6. The highest BCUT2D eigenvalue weighted by molar-refractivity contribution is 7.89. The zero-order valence-corrected chi connectivity index (χ0v) is 21.8. The normalized spacial score (nSPS) is 17.5. The number of carbonyl (C=O) groups is 2. The summed E-state index contributed by atoms with van der Waals surface area (Å²) >= 11 is 0. The Morgan fingerprint density at radius 1 is 1.03 bits per heavy atom. The summed E-state index contributed by atoms with van der Waals surface area (Å²) in [6.45, 7) is 3.92. The lowest BCUT2D eigenvalue weighted by molar-refractivity contribution is -0.129. The Labute approximate surface area is 216 Å². The van der Waals surface area contributed by atoms with Crippen LogP contribution in [0.4, 0.5) is 0 Å². The van der Waals surface area contributed by atoms with Crippen molar-refractivity contribution >= 4 is 32.8 Å². The van der Waals surface area contributed by atoms with E-state index in [-0.39, 0.29) is 28.7 Å². The van der Waals surface area contributed by atoms with E-state index in [1.165, 1.54) is 12.1 Å². The van der Waals surface area contributed by atoms with Gasteiger partial charge in [0.15, 0.2) is 17.1 Å². The summed E-state index contributed by atoms with van der Waals surface area (Å²) in [7, 11) is -2.18. The summed E-state index contributed by atoms with van der Waals surface area (Å²) in [4.78, 5) is 29.6. The maximum atomic E-state index is 13.1. The third-order valence-corrected chi connectivity index (χ3v) is 9.00. The van der Waals surface area contributed by atoms with Gasteiger partial charge in [-0.3, -0.25) is 9.59 Å². The number of ether oxygens (including phenoxy) is 1. The molecule has 10 heteroatoms. The number of furan rings is 1. The molecule has 0 radical (unpaired) electrons. The maximum Gasteiger partial charge on any atom is 0.289 e. The Hall–Kier alpha value is -3.37. The minimum atomic E-state index is -3.75. The molecule has 1 spiro atoms. The second-order valence-corrected chi connectivity index (χ2v) is 11.8. The number of hydrogen-bond donors (Lipinski definition) is 1. The van der Waals surface area contributed by atoms with Gasteiger partial charge in [0.2, 0.25) is 15.9 Å². The van der Waals surface area contributed by atoms with E-state index in [0.717, 1.165) is 30.2 Å². The molecule has 0 saturated carbocycles. The van der Waals surface area contributed by atoms with E-state index in [9.17, 15) is 18.0 Å². The van der Waals surface area contributed by atoms with Crippen LogP contribution in [0.2, 0.25) is 0 Å². The summed E-state index contributed by atoms with van der Waals surface area (Å²) in [5, 5.41) is 0.819. The van der Waals surface area contributed by atoms with Gasteiger partial charge in [0, 0.05) is 31.6 Å². The van der Waals surface area contributed by atoms with Crippen LogP contribution in [0.15, 0.2) is 57.8 Å². The van der Waals surface area contributed by atoms with Crippen molar-refractivity contribution in [2.75, 3.05) is 39.8 Å². The van der Waals surface area contributed by atoms with E-state index < -0.39 is 10.0 Å². The van der Waals surface area contributed by atoms with Crippen LogP contribution in [0.1, 0.15) is 35.4 Å². The van der Waals surface area contributed by atoms with Crippen LogP contribution in [0.3, 0.4) is 0 Å². The molecule has 1 N–H and O–H groups in total. The summed E-state index contributed by atoms with van der Waals surface area (Å²) in [5.41, 5.74) is 1.46. The van der Waals surface area contributed by atoms with Gasteiger partial charge in [0.05, 0.1) is 18.6 Å². The van der Waals surface area contributed by atoms with Crippen molar-refractivity contribution < 1.29 is 27.2 Å². The Kier molecular flexibility index (Phi) is 6.72. The number of carbonyl (C=O) groups excluding carboxylic acids is 2. The van der Waals surface area contributed by atoms with Crippen LogP contribution in [0, 0.1) is 12.3 Å². The number of benzene rings is 2. The second-order valence-electron chi connectivity index (χ2n) is 9.98. The van der Waals surface area contributed by atoms with E-state index in [0.29, 0.717) is 43.3 Å². The van der Waals surface area contributed by atoms with Gasteiger partial charge in [-0.2, -0.15) is 0 Å². The molecule has 2 aliphatic heterocycles. The minimum absolute atomic E-state index is 0.0562. The first-order valence-corrected chi connectivity index (χ1v) is 13.9. The summed E-state index contributed by atoms with van der Waals surface area (Å²) in [6.07, 6.45) is 2.40.